The van der Waals surface area contributed by atoms with Gasteiger partial charge in [-0.15, -0.1) is 21.5 Å². The number of fused-ring (bicyclic) bond motifs is 2. The van der Waals surface area contributed by atoms with Gasteiger partial charge in [0.1, 0.15) is 11.4 Å². The van der Waals surface area contributed by atoms with E-state index in [1.807, 2.05) is 41.1 Å². The summed E-state index contributed by atoms with van der Waals surface area (Å²) in [5.41, 5.74) is 0.490. The lowest BCUT2D eigenvalue weighted by Crippen LogP contribution is -2.34. The van der Waals surface area contributed by atoms with Gasteiger partial charge in [-0.3, -0.25) is 18.6 Å². The Morgan fingerprint density at radius 1 is 1.32 bits per heavy atom. The highest BCUT2D eigenvalue weighted by molar-refractivity contribution is 7.16. The summed E-state index contributed by atoms with van der Waals surface area (Å²) in [7, 11) is 0. The molecule has 9 heteroatoms. The summed E-state index contributed by atoms with van der Waals surface area (Å²) in [6.45, 7) is 1.73. The second kappa shape index (κ2) is 6.10. The van der Waals surface area contributed by atoms with Crippen molar-refractivity contribution in [3.8, 4) is 0 Å². The minimum Gasteiger partial charge on any atom is -0.345 e. The van der Waals surface area contributed by atoms with Gasteiger partial charge in [0.25, 0.3) is 5.56 Å². The van der Waals surface area contributed by atoms with Crippen LogP contribution in [0.25, 0.3) is 15.9 Å². The molecule has 0 aliphatic carbocycles. The van der Waals surface area contributed by atoms with Gasteiger partial charge in [-0.25, -0.2) is 4.98 Å². The Morgan fingerprint density at radius 2 is 2.20 bits per heavy atom. The van der Waals surface area contributed by atoms with Crippen molar-refractivity contribution in [2.45, 2.75) is 19.5 Å². The summed E-state index contributed by atoms with van der Waals surface area (Å²) >= 11 is 1.40. The van der Waals surface area contributed by atoms with Gasteiger partial charge >= 0.3 is 0 Å². The van der Waals surface area contributed by atoms with Crippen molar-refractivity contribution >= 4 is 33.1 Å². The topological polar surface area (TPSA) is 94.2 Å². The van der Waals surface area contributed by atoms with E-state index in [2.05, 4.69) is 20.5 Å². The first-order valence-electron chi connectivity index (χ1n) is 7.65. The number of nitrogens with zero attached hydrogens (tertiary/aromatic N) is 5. The molecular weight excluding hydrogens is 340 g/mol. The van der Waals surface area contributed by atoms with Crippen molar-refractivity contribution < 1.29 is 4.79 Å². The second-order valence-electron chi connectivity index (χ2n) is 5.59. The Labute approximate surface area is 145 Å². The predicted octanol–water partition coefficient (Wildman–Crippen LogP) is 1.38. The molecule has 126 valence electrons. The highest BCUT2D eigenvalue weighted by atomic mass is 32.1. The summed E-state index contributed by atoms with van der Waals surface area (Å²) in [5, 5.41) is 13.4. The van der Waals surface area contributed by atoms with Crippen LogP contribution in [0.3, 0.4) is 0 Å². The molecule has 1 N–H and O–H groups in total. The summed E-state index contributed by atoms with van der Waals surface area (Å²) < 4.78 is 3.12. The number of thiophene rings is 1. The standard InChI is InChI=1S/C16H14N6O2S/c1-10(14-20-19-12-4-2-3-6-22(12)14)18-13(23)8-21-9-17-15-11(16(21)24)5-7-25-15/h2-7,9-10H,8H2,1H3,(H,18,23)/t10-/m1/s1. The maximum absolute atomic E-state index is 12.3. The fourth-order valence-electron chi connectivity index (χ4n) is 2.67. The van der Waals surface area contributed by atoms with Gasteiger partial charge in [0.05, 0.1) is 17.8 Å². The average molecular weight is 354 g/mol. The molecule has 0 bridgehead atoms. The van der Waals surface area contributed by atoms with Crippen molar-refractivity contribution in [2.75, 3.05) is 0 Å². The molecule has 0 aromatic carbocycles. The fraction of sp³-hybridized carbons (Fsp3) is 0.188. The predicted molar refractivity (Wildman–Crippen MR) is 93.4 cm³/mol. The average Bonchev–Trinajstić information content (AvgIpc) is 3.24. The third-order valence-electron chi connectivity index (χ3n) is 3.87. The Kier molecular flexibility index (Phi) is 3.77. The van der Waals surface area contributed by atoms with Crippen LogP contribution in [-0.4, -0.2) is 30.1 Å². The number of carbonyl (C=O) groups is 1. The molecular formula is C16H14N6O2S. The molecule has 25 heavy (non-hydrogen) atoms. The molecule has 4 aromatic heterocycles. The van der Waals surface area contributed by atoms with Crippen LogP contribution in [0.1, 0.15) is 18.8 Å². The lowest BCUT2D eigenvalue weighted by atomic mass is 10.3. The lowest BCUT2D eigenvalue weighted by Gasteiger charge is -2.13. The number of amides is 1. The van der Waals surface area contributed by atoms with Crippen LogP contribution in [0, 0.1) is 0 Å². The molecule has 0 unspecified atom stereocenters. The monoisotopic (exact) mass is 354 g/mol. The highest BCUT2D eigenvalue weighted by Crippen LogP contribution is 2.14. The molecule has 4 heterocycles. The second-order valence-corrected chi connectivity index (χ2v) is 6.49. The van der Waals surface area contributed by atoms with Crippen LogP contribution in [0.2, 0.25) is 0 Å². The maximum Gasteiger partial charge on any atom is 0.262 e. The van der Waals surface area contributed by atoms with Crippen molar-refractivity contribution in [1.82, 2.24) is 29.5 Å². The van der Waals surface area contributed by atoms with Crippen molar-refractivity contribution in [1.29, 1.82) is 0 Å². The van der Waals surface area contributed by atoms with E-state index in [9.17, 15) is 9.59 Å². The molecule has 4 rings (SSSR count). The largest absolute Gasteiger partial charge is 0.345 e. The summed E-state index contributed by atoms with van der Waals surface area (Å²) in [6.07, 6.45) is 3.24. The summed E-state index contributed by atoms with van der Waals surface area (Å²) in [4.78, 5) is 29.5. The third-order valence-corrected chi connectivity index (χ3v) is 4.69. The molecule has 1 amide bonds. The highest BCUT2D eigenvalue weighted by Gasteiger charge is 2.16. The molecule has 0 fully saturated rings. The van der Waals surface area contributed by atoms with E-state index in [1.54, 1.807) is 6.07 Å². The SMILES string of the molecule is C[C@@H](NC(=O)Cn1cnc2sccc2c1=O)c1nnc2ccccn12. The van der Waals surface area contributed by atoms with Gasteiger partial charge in [0.2, 0.25) is 5.91 Å². The van der Waals surface area contributed by atoms with Crippen molar-refractivity contribution in [3.05, 3.63) is 58.3 Å². The Balaban J connectivity index is 1.53. The van der Waals surface area contributed by atoms with Crippen LogP contribution in [0.4, 0.5) is 0 Å². The number of carbonyl (C=O) groups excluding carboxylic acids is 1. The number of hydrogen-bond donors (Lipinski definition) is 1. The molecule has 0 saturated carbocycles. The van der Waals surface area contributed by atoms with E-state index in [-0.39, 0.29) is 24.1 Å². The quantitative estimate of drug-likeness (QED) is 0.597. The van der Waals surface area contributed by atoms with Gasteiger partial charge in [-0.05, 0) is 30.5 Å². The minimum absolute atomic E-state index is 0.0985. The number of nitrogens with one attached hydrogen (secondary N) is 1. The normalized spacial score (nSPS) is 12.5. The summed E-state index contributed by atoms with van der Waals surface area (Å²) in [6, 6.07) is 6.95. The maximum atomic E-state index is 12.3. The lowest BCUT2D eigenvalue weighted by molar-refractivity contribution is -0.122. The Morgan fingerprint density at radius 3 is 3.08 bits per heavy atom. The van der Waals surface area contributed by atoms with E-state index in [1.165, 1.54) is 22.2 Å². The van der Waals surface area contributed by atoms with E-state index >= 15 is 0 Å². The zero-order valence-electron chi connectivity index (χ0n) is 13.3. The van der Waals surface area contributed by atoms with Crippen LogP contribution < -0.4 is 10.9 Å². The Hall–Kier alpha value is -3.07. The molecule has 0 saturated heterocycles. The minimum atomic E-state index is -0.349. The van der Waals surface area contributed by atoms with E-state index < -0.39 is 0 Å². The number of rotatable bonds is 4. The van der Waals surface area contributed by atoms with Gasteiger partial charge in [0, 0.05) is 6.20 Å². The number of pyridine rings is 1. The van der Waals surface area contributed by atoms with Crippen LogP contribution >= 0.6 is 11.3 Å². The zero-order valence-corrected chi connectivity index (χ0v) is 14.1. The molecule has 0 aliphatic heterocycles. The fourth-order valence-corrected chi connectivity index (χ4v) is 3.39. The number of aromatic nitrogens is 5. The molecule has 0 aliphatic rings. The van der Waals surface area contributed by atoms with Gasteiger partial charge < -0.3 is 5.32 Å². The zero-order chi connectivity index (χ0) is 17.4. The van der Waals surface area contributed by atoms with Crippen LogP contribution in [-0.2, 0) is 11.3 Å². The molecule has 0 spiro atoms. The van der Waals surface area contributed by atoms with Crippen molar-refractivity contribution in [3.63, 3.8) is 0 Å². The Bertz CT molecular complexity index is 1130. The van der Waals surface area contributed by atoms with Crippen LogP contribution in [0.15, 0.2) is 47.0 Å². The molecule has 0 radical (unpaired) electrons. The molecule has 4 aromatic rings. The van der Waals surface area contributed by atoms with E-state index in [0.717, 1.165) is 0 Å². The molecule has 8 nitrogen and oxygen atoms in total. The third kappa shape index (κ3) is 2.78. The summed E-state index contributed by atoms with van der Waals surface area (Å²) in [5.74, 6) is 0.335. The first-order valence-corrected chi connectivity index (χ1v) is 8.53. The molecule has 1 atom stereocenters. The smallest absolute Gasteiger partial charge is 0.262 e. The van der Waals surface area contributed by atoms with Gasteiger partial charge in [0.15, 0.2) is 11.5 Å². The first-order chi connectivity index (χ1) is 12.1. The van der Waals surface area contributed by atoms with Gasteiger partial charge in [-0.2, -0.15) is 0 Å². The van der Waals surface area contributed by atoms with Gasteiger partial charge in [-0.1, -0.05) is 6.07 Å². The van der Waals surface area contributed by atoms with E-state index in [0.29, 0.717) is 21.7 Å². The van der Waals surface area contributed by atoms with E-state index in [4.69, 9.17) is 0 Å². The first kappa shape index (κ1) is 15.5. The van der Waals surface area contributed by atoms with Crippen LogP contribution in [0.5, 0.6) is 0 Å². The van der Waals surface area contributed by atoms with Crippen molar-refractivity contribution in [2.24, 2.45) is 0 Å². The number of hydrogen-bond acceptors (Lipinski definition) is 6.